The van der Waals surface area contributed by atoms with Gasteiger partial charge in [-0.15, -0.1) is 11.3 Å². The van der Waals surface area contributed by atoms with Crippen molar-refractivity contribution in [3.05, 3.63) is 22.4 Å². The van der Waals surface area contributed by atoms with Gasteiger partial charge in [0, 0.05) is 23.7 Å². The van der Waals surface area contributed by atoms with Crippen LogP contribution in [-0.2, 0) is 9.84 Å². The largest absolute Gasteiger partial charge is 0.337 e. The molecule has 1 aliphatic rings. The normalized spacial score (nSPS) is 19.2. The highest BCUT2D eigenvalue weighted by Crippen LogP contribution is 2.34. The smallest absolute Gasteiger partial charge is 0.317 e. The number of urea groups is 1. The second-order valence-corrected chi connectivity index (χ2v) is 8.29. The monoisotopic (exact) mass is 316 g/mol. The van der Waals surface area contributed by atoms with Gasteiger partial charge in [-0.3, -0.25) is 0 Å². The first kappa shape index (κ1) is 15.3. The Bertz CT molecular complexity index is 540. The molecule has 1 aromatic rings. The lowest BCUT2D eigenvalue weighted by Crippen LogP contribution is -2.41. The van der Waals surface area contributed by atoms with Crippen molar-refractivity contribution in [1.29, 1.82) is 0 Å². The van der Waals surface area contributed by atoms with E-state index in [1.807, 2.05) is 22.4 Å². The molecular formula is C13H20N2O3S2. The first-order valence-corrected chi connectivity index (χ1v) is 9.52. The van der Waals surface area contributed by atoms with Crippen LogP contribution in [0.25, 0.3) is 0 Å². The van der Waals surface area contributed by atoms with Crippen LogP contribution < -0.4 is 5.32 Å². The minimum Gasteiger partial charge on any atom is -0.337 e. The van der Waals surface area contributed by atoms with E-state index in [2.05, 4.69) is 5.32 Å². The summed E-state index contributed by atoms with van der Waals surface area (Å²) >= 11 is 1.66. The van der Waals surface area contributed by atoms with E-state index in [-0.39, 0.29) is 30.1 Å². The molecule has 0 saturated carbocycles. The fourth-order valence-corrected chi connectivity index (χ4v) is 3.92. The third kappa shape index (κ3) is 3.73. The Morgan fingerprint density at radius 2 is 2.35 bits per heavy atom. The summed E-state index contributed by atoms with van der Waals surface area (Å²) in [5, 5.41) is 4.73. The van der Waals surface area contributed by atoms with E-state index in [9.17, 15) is 13.2 Å². The summed E-state index contributed by atoms with van der Waals surface area (Å²) in [5.74, 6) is 0.122. The topological polar surface area (TPSA) is 66.5 Å². The Labute approximate surface area is 123 Å². The Kier molecular flexibility index (Phi) is 5.04. The van der Waals surface area contributed by atoms with Gasteiger partial charge in [-0.1, -0.05) is 13.0 Å². The minimum atomic E-state index is -3.03. The first-order chi connectivity index (χ1) is 9.53. The lowest BCUT2D eigenvalue weighted by molar-refractivity contribution is 0.194. The summed E-state index contributed by atoms with van der Waals surface area (Å²) in [6, 6.07) is 4.01. The third-order valence-electron chi connectivity index (χ3n) is 3.51. The summed E-state index contributed by atoms with van der Waals surface area (Å²) in [6.45, 7) is 2.53. The molecule has 1 atom stereocenters. The summed E-state index contributed by atoms with van der Waals surface area (Å²) in [5.41, 5.74) is 0. The minimum absolute atomic E-state index is 0.00670. The van der Waals surface area contributed by atoms with Gasteiger partial charge >= 0.3 is 6.03 Å². The Morgan fingerprint density at radius 3 is 3.00 bits per heavy atom. The van der Waals surface area contributed by atoms with E-state index in [1.165, 1.54) is 4.88 Å². The highest BCUT2D eigenvalue weighted by atomic mass is 32.2. The number of amides is 2. The van der Waals surface area contributed by atoms with Crippen LogP contribution in [0, 0.1) is 0 Å². The third-order valence-corrected chi connectivity index (χ3v) is 6.19. The Balaban J connectivity index is 1.89. The summed E-state index contributed by atoms with van der Waals surface area (Å²) in [7, 11) is -3.03. The molecule has 0 spiro atoms. The first-order valence-electron chi connectivity index (χ1n) is 6.82. The number of rotatable bonds is 5. The zero-order valence-corrected chi connectivity index (χ0v) is 13.2. The van der Waals surface area contributed by atoms with Crippen LogP contribution in [0.15, 0.2) is 17.5 Å². The van der Waals surface area contributed by atoms with Crippen molar-refractivity contribution in [2.75, 3.05) is 24.6 Å². The van der Waals surface area contributed by atoms with Gasteiger partial charge in [0.25, 0.3) is 0 Å². The molecule has 2 amide bonds. The van der Waals surface area contributed by atoms with E-state index < -0.39 is 9.84 Å². The second-order valence-electron chi connectivity index (χ2n) is 4.84. The molecule has 1 N–H and O–H groups in total. The number of sulfone groups is 1. The van der Waals surface area contributed by atoms with Crippen LogP contribution in [-0.4, -0.2) is 43.9 Å². The molecule has 1 aromatic heterocycles. The molecule has 0 aromatic carbocycles. The molecule has 1 unspecified atom stereocenters. The maximum absolute atomic E-state index is 12.1. The number of nitrogens with zero attached hydrogens (tertiary/aromatic N) is 1. The van der Waals surface area contributed by atoms with Crippen LogP contribution >= 0.6 is 11.3 Å². The summed E-state index contributed by atoms with van der Waals surface area (Å²) in [6.07, 6.45) is 1.96. The quantitative estimate of drug-likeness (QED) is 0.904. The number of nitrogens with one attached hydrogen (secondary N) is 1. The van der Waals surface area contributed by atoms with Crippen molar-refractivity contribution in [1.82, 2.24) is 10.2 Å². The van der Waals surface area contributed by atoms with Crippen molar-refractivity contribution >= 4 is 27.2 Å². The van der Waals surface area contributed by atoms with Gasteiger partial charge in [-0.2, -0.15) is 0 Å². The zero-order chi connectivity index (χ0) is 14.6. The molecular weight excluding hydrogens is 296 g/mol. The molecule has 2 heterocycles. The Hall–Kier alpha value is -1.08. The van der Waals surface area contributed by atoms with Gasteiger partial charge in [0.05, 0.1) is 11.8 Å². The second kappa shape index (κ2) is 6.58. The van der Waals surface area contributed by atoms with Crippen molar-refractivity contribution in [2.24, 2.45) is 0 Å². The molecule has 0 radical (unpaired) electrons. The van der Waals surface area contributed by atoms with Crippen LogP contribution in [0.5, 0.6) is 0 Å². The molecule has 20 heavy (non-hydrogen) atoms. The molecule has 112 valence electrons. The fourth-order valence-electron chi connectivity index (χ4n) is 2.35. The maximum Gasteiger partial charge on any atom is 0.317 e. The van der Waals surface area contributed by atoms with E-state index in [4.69, 9.17) is 0 Å². The maximum atomic E-state index is 12.1. The van der Waals surface area contributed by atoms with E-state index in [0.29, 0.717) is 0 Å². The molecule has 0 aliphatic carbocycles. The van der Waals surface area contributed by atoms with Crippen LogP contribution in [0.1, 0.15) is 30.7 Å². The van der Waals surface area contributed by atoms with Gasteiger partial charge in [-0.25, -0.2) is 13.2 Å². The van der Waals surface area contributed by atoms with Crippen molar-refractivity contribution in [3.8, 4) is 0 Å². The highest BCUT2D eigenvalue weighted by molar-refractivity contribution is 7.91. The van der Waals surface area contributed by atoms with Gasteiger partial charge in [0.1, 0.15) is 0 Å². The SMILES string of the molecule is CCS(=O)(=O)CCNC(=O)N1CCCC1c1cccs1. The predicted octanol–water partition coefficient (Wildman–Crippen LogP) is 2.03. The molecule has 0 bridgehead atoms. The number of likely N-dealkylation sites (tertiary alicyclic amines) is 1. The number of carbonyl (C=O) groups is 1. The Morgan fingerprint density at radius 1 is 1.55 bits per heavy atom. The number of hydrogen-bond acceptors (Lipinski definition) is 4. The summed E-state index contributed by atoms with van der Waals surface area (Å²) in [4.78, 5) is 15.2. The van der Waals surface area contributed by atoms with Gasteiger partial charge in [0.2, 0.25) is 0 Å². The van der Waals surface area contributed by atoms with Gasteiger partial charge < -0.3 is 10.2 Å². The zero-order valence-electron chi connectivity index (χ0n) is 11.5. The average molecular weight is 316 g/mol. The lowest BCUT2D eigenvalue weighted by Gasteiger charge is -2.24. The predicted molar refractivity (Wildman–Crippen MR) is 80.7 cm³/mol. The van der Waals surface area contributed by atoms with Crippen molar-refractivity contribution < 1.29 is 13.2 Å². The van der Waals surface area contributed by atoms with E-state index in [0.717, 1.165) is 19.4 Å². The van der Waals surface area contributed by atoms with Crippen LogP contribution in [0.4, 0.5) is 4.79 Å². The fraction of sp³-hybridized carbons (Fsp3) is 0.615. The molecule has 1 saturated heterocycles. The number of hydrogen-bond donors (Lipinski definition) is 1. The molecule has 2 rings (SSSR count). The highest BCUT2D eigenvalue weighted by Gasteiger charge is 2.30. The summed E-state index contributed by atoms with van der Waals surface area (Å²) < 4.78 is 22.8. The average Bonchev–Trinajstić information content (AvgIpc) is 3.08. The van der Waals surface area contributed by atoms with Gasteiger partial charge in [0.15, 0.2) is 9.84 Å². The number of thiophene rings is 1. The number of carbonyl (C=O) groups excluding carboxylic acids is 1. The standard InChI is InChI=1S/C13H20N2O3S2/c1-2-20(17,18)10-7-14-13(16)15-8-3-5-11(15)12-6-4-9-19-12/h4,6,9,11H,2-3,5,7-8,10H2,1H3,(H,14,16). The van der Waals surface area contributed by atoms with E-state index >= 15 is 0 Å². The van der Waals surface area contributed by atoms with E-state index in [1.54, 1.807) is 18.3 Å². The van der Waals surface area contributed by atoms with Crippen molar-refractivity contribution in [2.45, 2.75) is 25.8 Å². The van der Waals surface area contributed by atoms with Gasteiger partial charge in [-0.05, 0) is 24.3 Å². The van der Waals surface area contributed by atoms with Crippen LogP contribution in [0.2, 0.25) is 0 Å². The molecule has 7 heteroatoms. The molecule has 5 nitrogen and oxygen atoms in total. The van der Waals surface area contributed by atoms with Crippen LogP contribution in [0.3, 0.4) is 0 Å². The van der Waals surface area contributed by atoms with Crippen molar-refractivity contribution in [3.63, 3.8) is 0 Å². The molecule has 1 aliphatic heterocycles. The lowest BCUT2D eigenvalue weighted by atomic mass is 10.2. The molecule has 1 fully saturated rings.